The first-order valence-electron chi connectivity index (χ1n) is 4.52. The van der Waals surface area contributed by atoms with Crippen molar-refractivity contribution < 1.29 is 0 Å². The van der Waals surface area contributed by atoms with Gasteiger partial charge in [0.05, 0.1) is 0 Å². The highest BCUT2D eigenvalue weighted by atomic mass is 15.0. The number of aryl methyl sites for hydroxylation is 1. The summed E-state index contributed by atoms with van der Waals surface area (Å²) in [6, 6.07) is 10.3. The van der Waals surface area contributed by atoms with Crippen molar-refractivity contribution >= 4 is 10.8 Å². The molecule has 0 unspecified atom stereocenters. The maximum Gasteiger partial charge on any atom is 0.140 e. The van der Waals surface area contributed by atoms with Crippen molar-refractivity contribution in [3.63, 3.8) is 0 Å². The number of nitrogens with zero attached hydrogens (tertiary/aromatic N) is 2. The minimum Gasteiger partial charge on any atom is -0.336 e. The molecule has 1 aromatic heterocycles. The van der Waals surface area contributed by atoms with Crippen LogP contribution in [0.15, 0.2) is 54.3 Å². The lowest BCUT2D eigenvalue weighted by atomic mass is 10.2. The molecular weight excluding hydrogens is 172 g/mol. The highest BCUT2D eigenvalue weighted by Gasteiger charge is 1.95. The molecule has 1 heterocycles. The molecule has 0 N–H and O–H groups in total. The summed E-state index contributed by atoms with van der Waals surface area (Å²) >= 11 is 0. The van der Waals surface area contributed by atoms with E-state index in [4.69, 9.17) is 0 Å². The first kappa shape index (κ1) is 8.75. The molecule has 0 atom stereocenters. The molecule has 0 saturated heterocycles. The van der Waals surface area contributed by atoms with E-state index in [2.05, 4.69) is 29.8 Å². The van der Waals surface area contributed by atoms with E-state index in [1.54, 1.807) is 6.20 Å². The van der Waals surface area contributed by atoms with Crippen molar-refractivity contribution in [2.75, 3.05) is 0 Å². The van der Waals surface area contributed by atoms with E-state index < -0.39 is 0 Å². The van der Waals surface area contributed by atoms with E-state index in [1.165, 1.54) is 5.39 Å². The van der Waals surface area contributed by atoms with Crippen LogP contribution in [0.3, 0.4) is 0 Å². The van der Waals surface area contributed by atoms with Crippen molar-refractivity contribution in [2.45, 2.75) is 0 Å². The van der Waals surface area contributed by atoms with Gasteiger partial charge in [0, 0.05) is 24.8 Å². The van der Waals surface area contributed by atoms with Gasteiger partial charge in [-0.25, -0.2) is 4.99 Å². The van der Waals surface area contributed by atoms with Crippen LogP contribution in [0.25, 0.3) is 10.8 Å². The zero-order valence-corrected chi connectivity index (χ0v) is 8.14. The lowest BCUT2D eigenvalue weighted by Gasteiger charge is -2.02. The number of aromatic nitrogens is 1. The van der Waals surface area contributed by atoms with E-state index in [-0.39, 0.29) is 0 Å². The average molecular weight is 184 g/mol. The van der Waals surface area contributed by atoms with Crippen molar-refractivity contribution in [3.8, 4) is 0 Å². The van der Waals surface area contributed by atoms with Gasteiger partial charge in [-0.3, -0.25) is 0 Å². The SMILES string of the molecule is C=CN=c1c2ccccc2ccn1C. The van der Waals surface area contributed by atoms with Crippen LogP contribution in [0, 0.1) is 0 Å². The maximum absolute atomic E-state index is 4.26. The smallest absolute Gasteiger partial charge is 0.140 e. The number of hydrogen-bond donors (Lipinski definition) is 0. The molecule has 2 rings (SSSR count). The fourth-order valence-corrected chi connectivity index (χ4v) is 1.55. The van der Waals surface area contributed by atoms with Crippen molar-refractivity contribution in [3.05, 3.63) is 54.8 Å². The molecule has 0 spiro atoms. The molecule has 0 fully saturated rings. The maximum atomic E-state index is 4.26. The summed E-state index contributed by atoms with van der Waals surface area (Å²) < 4.78 is 1.99. The minimum absolute atomic E-state index is 0.943. The largest absolute Gasteiger partial charge is 0.336 e. The molecule has 1 aromatic carbocycles. The van der Waals surface area contributed by atoms with Crippen LogP contribution < -0.4 is 5.49 Å². The van der Waals surface area contributed by atoms with Crippen molar-refractivity contribution in [1.29, 1.82) is 0 Å². The Morgan fingerprint density at radius 3 is 2.86 bits per heavy atom. The molecule has 70 valence electrons. The van der Waals surface area contributed by atoms with Gasteiger partial charge in [0.2, 0.25) is 0 Å². The Balaban J connectivity index is 2.97. The second-order valence-electron chi connectivity index (χ2n) is 3.15. The number of fused-ring (bicyclic) bond motifs is 1. The van der Waals surface area contributed by atoms with Crippen LogP contribution in [-0.4, -0.2) is 4.57 Å². The van der Waals surface area contributed by atoms with Crippen LogP contribution in [0.1, 0.15) is 0 Å². The predicted molar refractivity (Wildman–Crippen MR) is 58.7 cm³/mol. The first-order valence-corrected chi connectivity index (χ1v) is 4.52. The Bertz CT molecular complexity index is 535. The van der Waals surface area contributed by atoms with Gasteiger partial charge in [-0.05, 0) is 11.5 Å². The number of rotatable bonds is 1. The molecule has 0 bridgehead atoms. The standard InChI is InChI=1S/C12H12N2/c1-3-13-12-11-7-5-4-6-10(11)8-9-14(12)2/h3-9H,1H2,2H3. The van der Waals surface area contributed by atoms with Crippen LogP contribution in [-0.2, 0) is 7.05 Å². The topological polar surface area (TPSA) is 17.3 Å². The quantitative estimate of drug-likeness (QED) is 0.646. The highest BCUT2D eigenvalue weighted by Crippen LogP contribution is 2.07. The molecule has 0 amide bonds. The molecule has 0 radical (unpaired) electrons. The number of hydrogen-bond acceptors (Lipinski definition) is 1. The second kappa shape index (κ2) is 3.50. The lowest BCUT2D eigenvalue weighted by molar-refractivity contribution is 0.848. The summed E-state index contributed by atoms with van der Waals surface area (Å²) in [6.07, 6.45) is 3.58. The van der Waals surface area contributed by atoms with E-state index in [0.717, 1.165) is 10.9 Å². The molecule has 2 heteroatoms. The van der Waals surface area contributed by atoms with Crippen LogP contribution in [0.5, 0.6) is 0 Å². The third-order valence-electron chi connectivity index (χ3n) is 2.23. The normalized spacial score (nSPS) is 11.9. The predicted octanol–water partition coefficient (Wildman–Crippen LogP) is 2.22. The zero-order chi connectivity index (χ0) is 9.97. The van der Waals surface area contributed by atoms with Gasteiger partial charge >= 0.3 is 0 Å². The van der Waals surface area contributed by atoms with E-state index in [9.17, 15) is 0 Å². The van der Waals surface area contributed by atoms with Crippen molar-refractivity contribution in [1.82, 2.24) is 4.57 Å². The molecule has 0 aliphatic carbocycles. The summed E-state index contributed by atoms with van der Waals surface area (Å²) in [5.74, 6) is 0. The summed E-state index contributed by atoms with van der Waals surface area (Å²) in [4.78, 5) is 4.26. The van der Waals surface area contributed by atoms with Gasteiger partial charge in [-0.1, -0.05) is 30.8 Å². The Kier molecular flexibility index (Phi) is 2.19. The van der Waals surface area contributed by atoms with Gasteiger partial charge in [-0.15, -0.1) is 0 Å². The van der Waals surface area contributed by atoms with Crippen LogP contribution in [0.4, 0.5) is 0 Å². The van der Waals surface area contributed by atoms with Crippen molar-refractivity contribution in [2.24, 2.45) is 12.0 Å². The summed E-state index contributed by atoms with van der Waals surface area (Å²) in [6.45, 7) is 3.62. The average Bonchev–Trinajstić information content (AvgIpc) is 2.23. The van der Waals surface area contributed by atoms with Gasteiger partial charge in [0.25, 0.3) is 0 Å². The van der Waals surface area contributed by atoms with Crippen LogP contribution >= 0.6 is 0 Å². The fraction of sp³-hybridized carbons (Fsp3) is 0.0833. The van der Waals surface area contributed by atoms with Gasteiger partial charge in [0.15, 0.2) is 0 Å². The zero-order valence-electron chi connectivity index (χ0n) is 8.14. The minimum atomic E-state index is 0.943. The molecule has 2 nitrogen and oxygen atoms in total. The Hall–Kier alpha value is -1.83. The summed E-state index contributed by atoms with van der Waals surface area (Å²) in [5, 5.41) is 2.35. The summed E-state index contributed by atoms with van der Waals surface area (Å²) in [5.41, 5.74) is 0.943. The van der Waals surface area contributed by atoms with Crippen LogP contribution in [0.2, 0.25) is 0 Å². The fourth-order valence-electron chi connectivity index (χ4n) is 1.55. The van der Waals surface area contributed by atoms with E-state index in [1.807, 2.05) is 29.9 Å². The third kappa shape index (κ3) is 1.35. The number of benzene rings is 1. The van der Waals surface area contributed by atoms with Gasteiger partial charge in [0.1, 0.15) is 5.49 Å². The lowest BCUT2D eigenvalue weighted by Crippen LogP contribution is -2.17. The molecular formula is C12H12N2. The van der Waals surface area contributed by atoms with Gasteiger partial charge in [-0.2, -0.15) is 0 Å². The summed E-state index contributed by atoms with van der Waals surface area (Å²) in [7, 11) is 1.98. The van der Waals surface area contributed by atoms with E-state index in [0.29, 0.717) is 0 Å². The number of pyridine rings is 1. The third-order valence-corrected chi connectivity index (χ3v) is 2.23. The van der Waals surface area contributed by atoms with E-state index >= 15 is 0 Å². The molecule has 0 aliphatic heterocycles. The molecule has 0 saturated carbocycles. The second-order valence-corrected chi connectivity index (χ2v) is 3.15. The molecule has 2 aromatic rings. The Morgan fingerprint density at radius 2 is 2.07 bits per heavy atom. The molecule has 14 heavy (non-hydrogen) atoms. The highest BCUT2D eigenvalue weighted by molar-refractivity contribution is 5.80. The Labute approximate surface area is 82.8 Å². The Morgan fingerprint density at radius 1 is 1.29 bits per heavy atom. The van der Waals surface area contributed by atoms with Gasteiger partial charge < -0.3 is 4.57 Å². The first-order chi connectivity index (χ1) is 6.83. The molecule has 0 aliphatic rings. The monoisotopic (exact) mass is 184 g/mol.